The van der Waals surface area contributed by atoms with E-state index < -0.39 is 0 Å². The minimum atomic E-state index is 0.219. The fourth-order valence-electron chi connectivity index (χ4n) is 2.43. The van der Waals surface area contributed by atoms with Crippen LogP contribution in [0.1, 0.15) is 50.3 Å². The lowest BCUT2D eigenvalue weighted by Gasteiger charge is -2.21. The van der Waals surface area contributed by atoms with Crippen LogP contribution in [0.2, 0.25) is 0 Å². The Balaban J connectivity index is 2.78. The van der Waals surface area contributed by atoms with Crippen molar-refractivity contribution < 1.29 is 4.74 Å². The van der Waals surface area contributed by atoms with Gasteiger partial charge in [-0.15, -0.1) is 0 Å². The first-order chi connectivity index (χ1) is 8.62. The molecule has 102 valence electrons. The third-order valence-electron chi connectivity index (χ3n) is 3.44. The van der Waals surface area contributed by atoms with Gasteiger partial charge < -0.3 is 4.74 Å². The number of nitrogens with two attached hydrogens (primary N) is 1. The molecule has 2 atom stereocenters. The Morgan fingerprint density at radius 2 is 2.11 bits per heavy atom. The maximum atomic E-state index is 5.69. The Bertz CT molecular complexity index is 366. The van der Waals surface area contributed by atoms with Crippen molar-refractivity contribution in [2.45, 2.75) is 46.1 Å². The van der Waals surface area contributed by atoms with E-state index in [0.29, 0.717) is 5.92 Å². The first kappa shape index (κ1) is 15.0. The van der Waals surface area contributed by atoms with Crippen molar-refractivity contribution in [2.75, 3.05) is 7.11 Å². The van der Waals surface area contributed by atoms with E-state index in [-0.39, 0.29) is 6.04 Å². The number of methoxy groups -OCH3 is 1. The summed E-state index contributed by atoms with van der Waals surface area (Å²) in [4.78, 5) is 0. The molecule has 1 aromatic rings. The average molecular weight is 250 g/mol. The number of hydrogen-bond acceptors (Lipinski definition) is 3. The molecule has 0 aliphatic carbocycles. The van der Waals surface area contributed by atoms with E-state index in [1.54, 1.807) is 7.11 Å². The Morgan fingerprint density at radius 1 is 1.39 bits per heavy atom. The van der Waals surface area contributed by atoms with E-state index in [2.05, 4.69) is 38.3 Å². The van der Waals surface area contributed by atoms with Crippen molar-refractivity contribution >= 4 is 0 Å². The Kier molecular flexibility index (Phi) is 6.16. The van der Waals surface area contributed by atoms with Gasteiger partial charge in [-0.2, -0.15) is 0 Å². The maximum absolute atomic E-state index is 5.69. The zero-order chi connectivity index (χ0) is 13.5. The van der Waals surface area contributed by atoms with E-state index in [1.165, 1.54) is 18.4 Å². The molecule has 0 bridgehead atoms. The summed E-state index contributed by atoms with van der Waals surface area (Å²) < 4.78 is 5.28. The third-order valence-corrected chi connectivity index (χ3v) is 3.44. The molecule has 1 rings (SSSR count). The molecule has 0 aliphatic rings. The van der Waals surface area contributed by atoms with Crippen LogP contribution in [-0.4, -0.2) is 7.11 Å². The molecule has 0 amide bonds. The number of benzene rings is 1. The number of aryl methyl sites for hydroxylation is 1. The summed E-state index contributed by atoms with van der Waals surface area (Å²) >= 11 is 0. The van der Waals surface area contributed by atoms with Crippen LogP contribution in [0.4, 0.5) is 0 Å². The number of rotatable bonds is 7. The highest BCUT2D eigenvalue weighted by atomic mass is 16.5. The molecule has 0 heterocycles. The first-order valence-corrected chi connectivity index (χ1v) is 6.73. The molecular weight excluding hydrogens is 224 g/mol. The second kappa shape index (κ2) is 7.39. The average Bonchev–Trinajstić information content (AvgIpc) is 2.36. The smallest absolute Gasteiger partial charge is 0.121 e. The fourth-order valence-corrected chi connectivity index (χ4v) is 2.43. The highest BCUT2D eigenvalue weighted by molar-refractivity contribution is 5.37. The second-order valence-corrected chi connectivity index (χ2v) is 5.08. The standard InChI is InChI=1S/C15H26N2O/c1-5-6-11(2)9-14(17-16)13-7-8-15(18-4)12(3)10-13/h7-8,10-11,14,17H,5-6,9,16H2,1-4H3. The number of nitrogens with one attached hydrogen (secondary N) is 1. The van der Waals surface area contributed by atoms with Gasteiger partial charge in [-0.05, 0) is 36.5 Å². The lowest BCUT2D eigenvalue weighted by atomic mass is 9.92. The zero-order valence-corrected chi connectivity index (χ0v) is 12.0. The Hall–Kier alpha value is -1.06. The van der Waals surface area contributed by atoms with Gasteiger partial charge in [0.25, 0.3) is 0 Å². The van der Waals surface area contributed by atoms with Gasteiger partial charge in [0.1, 0.15) is 5.75 Å². The fraction of sp³-hybridized carbons (Fsp3) is 0.600. The molecule has 3 heteroatoms. The Labute approximate surface area is 111 Å². The monoisotopic (exact) mass is 250 g/mol. The molecular formula is C15H26N2O. The van der Waals surface area contributed by atoms with E-state index >= 15 is 0 Å². The molecule has 0 saturated heterocycles. The maximum Gasteiger partial charge on any atom is 0.121 e. The highest BCUT2D eigenvalue weighted by Crippen LogP contribution is 2.27. The van der Waals surface area contributed by atoms with Crippen LogP contribution in [0.15, 0.2) is 18.2 Å². The largest absolute Gasteiger partial charge is 0.496 e. The SMILES string of the molecule is CCCC(C)CC(NN)c1ccc(OC)c(C)c1. The summed E-state index contributed by atoms with van der Waals surface area (Å²) in [5.41, 5.74) is 5.32. The van der Waals surface area contributed by atoms with Crippen molar-refractivity contribution in [1.82, 2.24) is 5.43 Å². The molecule has 3 nitrogen and oxygen atoms in total. The Morgan fingerprint density at radius 3 is 2.61 bits per heavy atom. The molecule has 0 aromatic heterocycles. The minimum Gasteiger partial charge on any atom is -0.496 e. The predicted molar refractivity (Wildman–Crippen MR) is 76.5 cm³/mol. The van der Waals surface area contributed by atoms with Crippen LogP contribution < -0.4 is 16.0 Å². The predicted octanol–water partition coefficient (Wildman–Crippen LogP) is 3.33. The topological polar surface area (TPSA) is 47.3 Å². The summed E-state index contributed by atoms with van der Waals surface area (Å²) in [5.74, 6) is 7.29. The van der Waals surface area contributed by atoms with Gasteiger partial charge in [0, 0.05) is 6.04 Å². The van der Waals surface area contributed by atoms with E-state index in [9.17, 15) is 0 Å². The van der Waals surface area contributed by atoms with Gasteiger partial charge in [0.2, 0.25) is 0 Å². The van der Waals surface area contributed by atoms with Crippen molar-refractivity contribution in [3.63, 3.8) is 0 Å². The zero-order valence-electron chi connectivity index (χ0n) is 12.0. The number of ether oxygens (including phenoxy) is 1. The van der Waals surface area contributed by atoms with Gasteiger partial charge in [0.15, 0.2) is 0 Å². The van der Waals surface area contributed by atoms with Gasteiger partial charge >= 0.3 is 0 Å². The lowest BCUT2D eigenvalue weighted by molar-refractivity contribution is 0.392. The quantitative estimate of drug-likeness (QED) is 0.576. The summed E-state index contributed by atoms with van der Waals surface area (Å²) in [6.07, 6.45) is 3.53. The van der Waals surface area contributed by atoms with E-state index in [1.807, 2.05) is 6.07 Å². The van der Waals surface area contributed by atoms with Crippen LogP contribution in [0.5, 0.6) is 5.75 Å². The molecule has 0 radical (unpaired) electrons. The summed E-state index contributed by atoms with van der Waals surface area (Å²) in [7, 11) is 1.70. The van der Waals surface area contributed by atoms with Crippen LogP contribution in [0.3, 0.4) is 0 Å². The molecule has 0 aliphatic heterocycles. The van der Waals surface area contributed by atoms with E-state index in [0.717, 1.165) is 17.7 Å². The third kappa shape index (κ3) is 4.00. The van der Waals surface area contributed by atoms with Crippen LogP contribution >= 0.6 is 0 Å². The van der Waals surface area contributed by atoms with Crippen LogP contribution in [0, 0.1) is 12.8 Å². The second-order valence-electron chi connectivity index (χ2n) is 5.08. The van der Waals surface area contributed by atoms with Crippen molar-refractivity contribution in [2.24, 2.45) is 11.8 Å². The van der Waals surface area contributed by atoms with E-state index in [4.69, 9.17) is 10.6 Å². The summed E-state index contributed by atoms with van der Waals surface area (Å²) in [6, 6.07) is 6.48. The normalized spacial score (nSPS) is 14.3. The van der Waals surface area contributed by atoms with Crippen molar-refractivity contribution in [3.05, 3.63) is 29.3 Å². The summed E-state index contributed by atoms with van der Waals surface area (Å²) in [6.45, 7) is 6.56. The van der Waals surface area contributed by atoms with Crippen LogP contribution in [0.25, 0.3) is 0 Å². The molecule has 0 saturated carbocycles. The van der Waals surface area contributed by atoms with Crippen molar-refractivity contribution in [3.8, 4) is 5.75 Å². The molecule has 0 spiro atoms. The highest BCUT2D eigenvalue weighted by Gasteiger charge is 2.14. The molecule has 3 N–H and O–H groups in total. The van der Waals surface area contributed by atoms with Gasteiger partial charge in [-0.1, -0.05) is 38.8 Å². The van der Waals surface area contributed by atoms with Gasteiger partial charge in [0.05, 0.1) is 7.11 Å². The number of hydrogen-bond donors (Lipinski definition) is 2. The molecule has 0 fully saturated rings. The lowest BCUT2D eigenvalue weighted by Crippen LogP contribution is -2.29. The molecule has 1 aromatic carbocycles. The van der Waals surface area contributed by atoms with Crippen LogP contribution in [-0.2, 0) is 0 Å². The number of hydrazine groups is 1. The summed E-state index contributed by atoms with van der Waals surface area (Å²) in [5, 5.41) is 0. The molecule has 18 heavy (non-hydrogen) atoms. The molecule has 2 unspecified atom stereocenters. The minimum absolute atomic E-state index is 0.219. The van der Waals surface area contributed by atoms with Gasteiger partial charge in [-0.3, -0.25) is 11.3 Å². The van der Waals surface area contributed by atoms with Gasteiger partial charge in [-0.25, -0.2) is 0 Å². The van der Waals surface area contributed by atoms with Crippen molar-refractivity contribution in [1.29, 1.82) is 0 Å². The first-order valence-electron chi connectivity index (χ1n) is 6.73.